The molecule has 5 heteroatoms. The van der Waals surface area contributed by atoms with Crippen molar-refractivity contribution in [2.24, 2.45) is 17.8 Å². The minimum atomic E-state index is -0.772. The molecule has 2 unspecified atom stereocenters. The first kappa shape index (κ1) is 24.9. The molecule has 1 aliphatic carbocycles. The summed E-state index contributed by atoms with van der Waals surface area (Å²) in [6.45, 7) is 6.04. The van der Waals surface area contributed by atoms with E-state index in [0.717, 1.165) is 44.9 Å². The van der Waals surface area contributed by atoms with Crippen LogP contribution in [-0.4, -0.2) is 44.7 Å². The quantitative estimate of drug-likeness (QED) is 0.247. The van der Waals surface area contributed by atoms with Crippen molar-refractivity contribution < 1.29 is 25.2 Å². The zero-order valence-corrected chi connectivity index (χ0v) is 17.4. The van der Waals surface area contributed by atoms with Gasteiger partial charge in [-0.05, 0) is 43.9 Å². The number of aliphatic carboxylic acids is 1. The molecule has 28 heavy (non-hydrogen) atoms. The highest BCUT2D eigenvalue weighted by Crippen LogP contribution is 2.39. The third kappa shape index (κ3) is 9.35. The van der Waals surface area contributed by atoms with Crippen molar-refractivity contribution in [3.8, 4) is 0 Å². The van der Waals surface area contributed by atoms with Gasteiger partial charge in [0.25, 0.3) is 0 Å². The molecule has 4 N–H and O–H groups in total. The second-order valence-electron chi connectivity index (χ2n) is 8.30. The van der Waals surface area contributed by atoms with E-state index < -0.39 is 18.2 Å². The predicted molar refractivity (Wildman–Crippen MR) is 112 cm³/mol. The molecule has 0 bridgehead atoms. The van der Waals surface area contributed by atoms with Crippen LogP contribution in [0.4, 0.5) is 0 Å². The molecule has 0 radical (unpaired) electrons. The SMILES string of the molecule is C=CC(CCCCC(=O)O)C[C@@H]1[C@@H](C=CCC(O)CCCCC)[C@H](O)C[C@@H]1O. The molecule has 0 heterocycles. The largest absolute Gasteiger partial charge is 0.481 e. The summed E-state index contributed by atoms with van der Waals surface area (Å²) in [4.78, 5) is 10.6. The maximum Gasteiger partial charge on any atom is 0.303 e. The number of carbonyl (C=O) groups is 1. The molecule has 162 valence electrons. The summed E-state index contributed by atoms with van der Waals surface area (Å²) in [5.41, 5.74) is 0. The Morgan fingerprint density at radius 1 is 1.14 bits per heavy atom. The summed E-state index contributed by atoms with van der Waals surface area (Å²) in [5.74, 6) is -0.717. The van der Waals surface area contributed by atoms with Gasteiger partial charge in [-0.2, -0.15) is 0 Å². The number of rotatable bonds is 15. The summed E-state index contributed by atoms with van der Waals surface area (Å²) in [5, 5.41) is 39.6. The molecular weight excluding hydrogens is 356 g/mol. The lowest BCUT2D eigenvalue weighted by atomic mass is 9.83. The van der Waals surface area contributed by atoms with E-state index in [0.29, 0.717) is 19.3 Å². The van der Waals surface area contributed by atoms with Crippen molar-refractivity contribution in [1.82, 2.24) is 0 Å². The Hall–Kier alpha value is -1.17. The van der Waals surface area contributed by atoms with E-state index in [1.165, 1.54) is 0 Å². The second kappa shape index (κ2) is 13.9. The van der Waals surface area contributed by atoms with Crippen LogP contribution in [0, 0.1) is 17.8 Å². The Morgan fingerprint density at radius 2 is 1.86 bits per heavy atom. The minimum absolute atomic E-state index is 0.0361. The van der Waals surface area contributed by atoms with Gasteiger partial charge in [0.05, 0.1) is 18.3 Å². The molecule has 0 amide bonds. The van der Waals surface area contributed by atoms with Gasteiger partial charge in [-0.15, -0.1) is 6.58 Å². The lowest BCUT2D eigenvalue weighted by molar-refractivity contribution is -0.137. The fourth-order valence-corrected chi connectivity index (χ4v) is 4.21. The minimum Gasteiger partial charge on any atom is -0.481 e. The van der Waals surface area contributed by atoms with Crippen molar-refractivity contribution in [3.63, 3.8) is 0 Å². The summed E-state index contributed by atoms with van der Waals surface area (Å²) in [6, 6.07) is 0. The monoisotopic (exact) mass is 396 g/mol. The van der Waals surface area contributed by atoms with Gasteiger partial charge in [-0.1, -0.05) is 50.8 Å². The second-order valence-corrected chi connectivity index (χ2v) is 8.30. The smallest absolute Gasteiger partial charge is 0.303 e. The maximum atomic E-state index is 10.6. The summed E-state index contributed by atoms with van der Waals surface area (Å²) in [7, 11) is 0. The van der Waals surface area contributed by atoms with Crippen molar-refractivity contribution in [3.05, 3.63) is 24.8 Å². The molecular formula is C23H40O5. The van der Waals surface area contributed by atoms with Crippen LogP contribution in [0.1, 0.15) is 77.6 Å². The highest BCUT2D eigenvalue weighted by molar-refractivity contribution is 5.66. The van der Waals surface area contributed by atoms with Crippen LogP contribution in [0.25, 0.3) is 0 Å². The maximum absolute atomic E-state index is 10.6. The first-order chi connectivity index (χ1) is 13.4. The average Bonchev–Trinajstić information content (AvgIpc) is 2.90. The van der Waals surface area contributed by atoms with E-state index in [1.807, 2.05) is 18.2 Å². The molecule has 6 atom stereocenters. The number of carboxylic acids is 1. The van der Waals surface area contributed by atoms with Crippen LogP contribution in [0.3, 0.4) is 0 Å². The van der Waals surface area contributed by atoms with Crippen molar-refractivity contribution >= 4 is 5.97 Å². The first-order valence-corrected chi connectivity index (χ1v) is 10.9. The molecule has 0 saturated heterocycles. The lowest BCUT2D eigenvalue weighted by Crippen LogP contribution is -2.23. The molecule has 1 rings (SSSR count). The number of allylic oxidation sites excluding steroid dienone is 1. The van der Waals surface area contributed by atoms with Gasteiger partial charge in [0.1, 0.15) is 0 Å². The fourth-order valence-electron chi connectivity index (χ4n) is 4.21. The van der Waals surface area contributed by atoms with E-state index in [9.17, 15) is 20.1 Å². The standard InChI is InChI=1S/C23H40O5/c1-3-5-6-11-18(24)12-9-13-19-20(22(26)16-21(19)25)15-17(4-2)10-7-8-14-23(27)28/h4,9,13,17-22,24-26H,2-3,5-8,10-12,14-16H2,1H3,(H,27,28)/t17?,18?,19-,20-,21-,22+/m1/s1. The van der Waals surface area contributed by atoms with Crippen molar-refractivity contribution in [1.29, 1.82) is 0 Å². The molecule has 1 aliphatic rings. The predicted octanol–water partition coefficient (Wildman–Crippen LogP) is 4.07. The van der Waals surface area contributed by atoms with E-state index in [1.54, 1.807) is 0 Å². The van der Waals surface area contributed by atoms with Crippen LogP contribution in [0.15, 0.2) is 24.8 Å². The van der Waals surface area contributed by atoms with Crippen molar-refractivity contribution in [2.75, 3.05) is 0 Å². The van der Waals surface area contributed by atoms with Crippen LogP contribution in [0.2, 0.25) is 0 Å². The molecule has 1 fully saturated rings. The normalized spacial score (nSPS) is 27.1. The van der Waals surface area contributed by atoms with E-state index in [2.05, 4.69) is 13.5 Å². The molecule has 0 aromatic rings. The topological polar surface area (TPSA) is 98.0 Å². The summed E-state index contributed by atoms with van der Waals surface area (Å²) >= 11 is 0. The number of hydrogen-bond acceptors (Lipinski definition) is 4. The number of carboxylic acid groups (broad SMARTS) is 1. The Morgan fingerprint density at radius 3 is 2.50 bits per heavy atom. The summed E-state index contributed by atoms with van der Waals surface area (Å²) in [6.07, 6.45) is 12.6. The number of hydrogen-bond donors (Lipinski definition) is 4. The Bertz CT molecular complexity index is 476. The Kier molecular flexibility index (Phi) is 12.4. The molecule has 1 saturated carbocycles. The third-order valence-corrected chi connectivity index (χ3v) is 5.95. The zero-order valence-electron chi connectivity index (χ0n) is 17.4. The average molecular weight is 397 g/mol. The number of unbranched alkanes of at least 4 members (excludes halogenated alkanes) is 3. The fraction of sp³-hybridized carbons (Fsp3) is 0.783. The van der Waals surface area contributed by atoms with Crippen LogP contribution < -0.4 is 0 Å². The van der Waals surface area contributed by atoms with Gasteiger partial charge in [0.2, 0.25) is 0 Å². The number of aliphatic hydroxyl groups is 3. The van der Waals surface area contributed by atoms with E-state index >= 15 is 0 Å². The molecule has 5 nitrogen and oxygen atoms in total. The highest BCUT2D eigenvalue weighted by Gasteiger charge is 2.40. The van der Waals surface area contributed by atoms with Gasteiger partial charge in [0.15, 0.2) is 0 Å². The Labute approximate surface area is 170 Å². The number of aliphatic hydroxyl groups excluding tert-OH is 3. The van der Waals surface area contributed by atoms with Crippen molar-refractivity contribution in [2.45, 2.75) is 95.9 Å². The van der Waals surface area contributed by atoms with Gasteiger partial charge in [-0.25, -0.2) is 0 Å². The van der Waals surface area contributed by atoms with Gasteiger partial charge in [0, 0.05) is 18.8 Å². The third-order valence-electron chi connectivity index (χ3n) is 5.95. The van der Waals surface area contributed by atoms with Gasteiger partial charge >= 0.3 is 5.97 Å². The lowest BCUT2D eigenvalue weighted by Gasteiger charge is -2.25. The molecule has 0 spiro atoms. The Balaban J connectivity index is 2.53. The van der Waals surface area contributed by atoms with Crippen LogP contribution >= 0.6 is 0 Å². The summed E-state index contributed by atoms with van der Waals surface area (Å²) < 4.78 is 0. The first-order valence-electron chi connectivity index (χ1n) is 10.9. The van der Waals surface area contributed by atoms with Gasteiger partial charge in [-0.3, -0.25) is 4.79 Å². The zero-order chi connectivity index (χ0) is 20.9. The van der Waals surface area contributed by atoms with E-state index in [-0.39, 0.29) is 30.3 Å². The molecule has 0 aliphatic heterocycles. The van der Waals surface area contributed by atoms with E-state index in [4.69, 9.17) is 5.11 Å². The highest BCUT2D eigenvalue weighted by atomic mass is 16.4. The molecule has 0 aromatic heterocycles. The van der Waals surface area contributed by atoms with Gasteiger partial charge < -0.3 is 20.4 Å². The molecule has 0 aromatic carbocycles. The van der Waals surface area contributed by atoms with Crippen LogP contribution in [0.5, 0.6) is 0 Å². The van der Waals surface area contributed by atoms with Crippen LogP contribution in [-0.2, 0) is 4.79 Å².